The number of ether oxygens (including phenoxy) is 4. The molecule has 0 bridgehead atoms. The van der Waals surface area contributed by atoms with Gasteiger partial charge in [0.25, 0.3) is 0 Å². The maximum Gasteiger partial charge on any atom is 0.305 e. The number of benzene rings is 3. The van der Waals surface area contributed by atoms with Crippen molar-refractivity contribution in [3.63, 3.8) is 0 Å². The Labute approximate surface area is 202 Å². The van der Waals surface area contributed by atoms with Gasteiger partial charge in [0.15, 0.2) is 11.5 Å². The van der Waals surface area contributed by atoms with Crippen LogP contribution >= 0.6 is 0 Å². The summed E-state index contributed by atoms with van der Waals surface area (Å²) in [5, 5.41) is 0. The molecule has 34 heavy (non-hydrogen) atoms. The molecule has 1 atom stereocenters. The van der Waals surface area contributed by atoms with Crippen molar-refractivity contribution in [2.45, 2.75) is 52.6 Å². The number of esters is 1. The molecular weight excluding hydrogens is 428 g/mol. The third kappa shape index (κ3) is 7.55. The van der Waals surface area contributed by atoms with Crippen LogP contribution in [-0.2, 0) is 22.4 Å². The molecule has 3 aromatic rings. The van der Waals surface area contributed by atoms with E-state index in [1.165, 1.54) is 12.7 Å². The molecule has 3 rings (SSSR count). The van der Waals surface area contributed by atoms with Crippen molar-refractivity contribution in [1.29, 1.82) is 0 Å². The Hall–Kier alpha value is -3.47. The fourth-order valence-electron chi connectivity index (χ4n) is 3.56. The molecule has 0 spiro atoms. The summed E-state index contributed by atoms with van der Waals surface area (Å²) in [5.41, 5.74) is 3.42. The van der Waals surface area contributed by atoms with E-state index in [1.54, 1.807) is 0 Å². The summed E-state index contributed by atoms with van der Waals surface area (Å²) in [6.07, 6.45) is 2.64. The van der Waals surface area contributed by atoms with Gasteiger partial charge in [-0.2, -0.15) is 0 Å². The Morgan fingerprint density at radius 1 is 0.941 bits per heavy atom. The Morgan fingerprint density at radius 3 is 2.44 bits per heavy atom. The lowest BCUT2D eigenvalue weighted by Gasteiger charge is -2.19. The molecule has 0 aromatic heterocycles. The molecule has 0 aliphatic rings. The molecule has 0 fully saturated rings. The lowest BCUT2D eigenvalue weighted by Crippen LogP contribution is -2.16. The third-order valence-corrected chi connectivity index (χ3v) is 5.65. The summed E-state index contributed by atoms with van der Waals surface area (Å²) < 4.78 is 23.0. The molecule has 0 radical (unpaired) electrons. The van der Waals surface area contributed by atoms with Gasteiger partial charge in [-0.05, 0) is 79.8 Å². The minimum Gasteiger partial charge on any atom is -0.493 e. The van der Waals surface area contributed by atoms with Gasteiger partial charge < -0.3 is 18.9 Å². The minimum absolute atomic E-state index is 0.0500. The van der Waals surface area contributed by atoms with Crippen LogP contribution in [0.2, 0.25) is 0 Å². The average Bonchev–Trinajstić information content (AvgIpc) is 2.85. The van der Waals surface area contributed by atoms with Crippen molar-refractivity contribution in [3.8, 4) is 23.0 Å². The number of rotatable bonds is 12. The molecule has 5 heteroatoms. The second-order valence-electron chi connectivity index (χ2n) is 8.28. The van der Waals surface area contributed by atoms with Crippen molar-refractivity contribution >= 4 is 5.97 Å². The summed E-state index contributed by atoms with van der Waals surface area (Å²) in [6, 6.07) is 21.8. The molecule has 0 unspecified atom stereocenters. The number of carbonyl (C=O) groups is 1. The van der Waals surface area contributed by atoms with Crippen LogP contribution in [0.4, 0.5) is 0 Å². The Kier molecular flexibility index (Phi) is 9.39. The lowest BCUT2D eigenvalue weighted by molar-refractivity contribution is -0.140. The summed E-state index contributed by atoms with van der Waals surface area (Å²) in [7, 11) is 1.41. The summed E-state index contributed by atoms with van der Waals surface area (Å²) in [6.45, 7) is 6.71. The predicted molar refractivity (Wildman–Crippen MR) is 134 cm³/mol. The quantitative estimate of drug-likeness (QED) is 0.281. The van der Waals surface area contributed by atoms with Gasteiger partial charge in [-0.25, -0.2) is 0 Å². The van der Waals surface area contributed by atoms with E-state index in [-0.39, 0.29) is 12.1 Å². The minimum atomic E-state index is -0.199. The monoisotopic (exact) mass is 462 g/mol. The fraction of sp³-hybridized carbons (Fsp3) is 0.345. The van der Waals surface area contributed by atoms with Crippen LogP contribution in [0.25, 0.3) is 0 Å². The molecule has 0 N–H and O–H groups in total. The highest BCUT2D eigenvalue weighted by molar-refractivity contribution is 5.69. The van der Waals surface area contributed by atoms with Gasteiger partial charge in [0.05, 0.1) is 19.8 Å². The first kappa shape index (κ1) is 25.2. The van der Waals surface area contributed by atoms with E-state index in [0.29, 0.717) is 19.4 Å². The molecule has 0 saturated carbocycles. The Bertz CT molecular complexity index is 1060. The van der Waals surface area contributed by atoms with Crippen LogP contribution in [0.5, 0.6) is 23.0 Å². The standard InChI is InChI=1S/C29H34O5/c1-5-23-11-15-27(28(20-23)34-25-9-7-6-8-10-25)33-22(3)17-18-32-26-14-12-24(21(2)19-26)13-16-29(30)31-4/h6-12,14-15,19-20,22H,5,13,16-18H2,1-4H3/t22-/m1/s1. The van der Waals surface area contributed by atoms with Crippen LogP contribution in [0.3, 0.4) is 0 Å². The van der Waals surface area contributed by atoms with Gasteiger partial charge in [0.1, 0.15) is 11.5 Å². The SMILES string of the molecule is CCc1ccc(O[C@H](C)CCOc2ccc(CCC(=O)OC)c(C)c2)c(Oc2ccccc2)c1. The normalized spacial score (nSPS) is 11.5. The maximum absolute atomic E-state index is 11.4. The largest absolute Gasteiger partial charge is 0.493 e. The second-order valence-corrected chi connectivity index (χ2v) is 8.28. The highest BCUT2D eigenvalue weighted by Gasteiger charge is 2.12. The number of carbonyl (C=O) groups excluding carboxylic acids is 1. The average molecular weight is 463 g/mol. The molecule has 0 aliphatic carbocycles. The zero-order valence-corrected chi connectivity index (χ0v) is 20.5. The van der Waals surface area contributed by atoms with E-state index in [4.69, 9.17) is 18.9 Å². The van der Waals surface area contributed by atoms with Gasteiger partial charge in [0.2, 0.25) is 0 Å². The number of hydrogen-bond donors (Lipinski definition) is 0. The number of para-hydroxylation sites is 1. The number of aryl methyl sites for hydroxylation is 3. The Morgan fingerprint density at radius 2 is 1.74 bits per heavy atom. The van der Waals surface area contributed by atoms with Crippen LogP contribution < -0.4 is 14.2 Å². The zero-order chi connectivity index (χ0) is 24.3. The second kappa shape index (κ2) is 12.7. The first-order valence-corrected chi connectivity index (χ1v) is 11.8. The predicted octanol–water partition coefficient (Wildman–Crippen LogP) is 6.69. The zero-order valence-electron chi connectivity index (χ0n) is 20.5. The topological polar surface area (TPSA) is 54.0 Å². The van der Waals surface area contributed by atoms with Gasteiger partial charge in [-0.3, -0.25) is 4.79 Å². The first-order chi connectivity index (χ1) is 16.5. The fourth-order valence-corrected chi connectivity index (χ4v) is 3.56. The smallest absolute Gasteiger partial charge is 0.305 e. The molecule has 5 nitrogen and oxygen atoms in total. The van der Waals surface area contributed by atoms with Crippen LogP contribution in [-0.4, -0.2) is 25.8 Å². The highest BCUT2D eigenvalue weighted by atomic mass is 16.5. The summed E-state index contributed by atoms with van der Waals surface area (Å²) in [4.78, 5) is 11.4. The van der Waals surface area contributed by atoms with Crippen molar-refractivity contribution in [2.24, 2.45) is 0 Å². The van der Waals surface area contributed by atoms with E-state index < -0.39 is 0 Å². The van der Waals surface area contributed by atoms with E-state index in [1.807, 2.05) is 74.5 Å². The molecule has 0 amide bonds. The molecule has 0 heterocycles. The third-order valence-electron chi connectivity index (χ3n) is 5.65. The van der Waals surface area contributed by atoms with Gasteiger partial charge >= 0.3 is 5.97 Å². The summed E-state index contributed by atoms with van der Waals surface area (Å²) in [5.74, 6) is 2.83. The number of hydrogen-bond acceptors (Lipinski definition) is 5. The molecule has 0 saturated heterocycles. The maximum atomic E-state index is 11.4. The van der Waals surface area contributed by atoms with Crippen molar-refractivity contribution in [3.05, 3.63) is 83.4 Å². The highest BCUT2D eigenvalue weighted by Crippen LogP contribution is 2.33. The van der Waals surface area contributed by atoms with E-state index >= 15 is 0 Å². The van der Waals surface area contributed by atoms with Crippen molar-refractivity contribution < 1.29 is 23.7 Å². The first-order valence-electron chi connectivity index (χ1n) is 11.8. The van der Waals surface area contributed by atoms with Crippen molar-refractivity contribution in [2.75, 3.05) is 13.7 Å². The van der Waals surface area contributed by atoms with Gasteiger partial charge in [-0.1, -0.05) is 37.3 Å². The van der Waals surface area contributed by atoms with E-state index in [0.717, 1.165) is 47.0 Å². The van der Waals surface area contributed by atoms with Crippen LogP contribution in [0, 0.1) is 6.92 Å². The molecular formula is C29H34O5. The number of methoxy groups -OCH3 is 1. The molecule has 180 valence electrons. The Balaban J connectivity index is 1.54. The van der Waals surface area contributed by atoms with E-state index in [2.05, 4.69) is 13.0 Å². The van der Waals surface area contributed by atoms with Crippen molar-refractivity contribution in [1.82, 2.24) is 0 Å². The molecule has 0 aliphatic heterocycles. The van der Waals surface area contributed by atoms with Gasteiger partial charge in [-0.15, -0.1) is 0 Å². The van der Waals surface area contributed by atoms with Crippen LogP contribution in [0.15, 0.2) is 66.7 Å². The van der Waals surface area contributed by atoms with Crippen LogP contribution in [0.1, 0.15) is 43.4 Å². The summed E-state index contributed by atoms with van der Waals surface area (Å²) >= 11 is 0. The van der Waals surface area contributed by atoms with Gasteiger partial charge in [0, 0.05) is 12.8 Å². The lowest BCUT2D eigenvalue weighted by atomic mass is 10.0. The van der Waals surface area contributed by atoms with E-state index in [9.17, 15) is 4.79 Å². The molecule has 3 aromatic carbocycles.